The smallest absolute Gasteiger partial charge is 0.0702 e. The Hall–Kier alpha value is -7.44. The van der Waals surface area contributed by atoms with Crippen LogP contribution in [0.1, 0.15) is 12.0 Å². The van der Waals surface area contributed by atoms with E-state index < -0.39 is 0 Å². The summed E-state index contributed by atoms with van der Waals surface area (Å²) in [4.78, 5) is 18.5. The Morgan fingerprint density at radius 2 is 1.02 bits per heavy atom. The van der Waals surface area contributed by atoms with Crippen molar-refractivity contribution < 1.29 is 0 Å². The van der Waals surface area contributed by atoms with Gasteiger partial charge in [-0.05, 0) is 113 Å². The number of allylic oxidation sites excluding steroid dienone is 1. The molecular weight excluding hydrogens is 697 g/mol. The first kappa shape index (κ1) is 31.9. The van der Waals surface area contributed by atoms with Crippen LogP contribution in [0.2, 0.25) is 0 Å². The molecule has 1 aliphatic carbocycles. The summed E-state index contributed by atoms with van der Waals surface area (Å²) in [7, 11) is 0. The molecule has 6 heteroatoms. The first-order chi connectivity index (χ1) is 28.2. The number of nitrogens with zero attached hydrogens (tertiary/aromatic N) is 6. The van der Waals surface area contributed by atoms with Crippen LogP contribution < -0.4 is 0 Å². The third kappa shape index (κ3) is 5.25. The summed E-state index contributed by atoms with van der Waals surface area (Å²) < 4.78 is 4.73. The van der Waals surface area contributed by atoms with Crippen molar-refractivity contribution in [2.45, 2.75) is 6.42 Å². The Labute approximate surface area is 328 Å². The normalized spacial score (nSPS) is 16.0. The number of fused-ring (bicyclic) bond motifs is 7. The molecule has 5 aromatic heterocycles. The number of pyridine rings is 3. The summed E-state index contributed by atoms with van der Waals surface area (Å²) in [6.07, 6.45) is 15.3. The van der Waals surface area contributed by atoms with Crippen molar-refractivity contribution in [2.24, 2.45) is 16.8 Å². The van der Waals surface area contributed by atoms with Crippen molar-refractivity contribution in [3.8, 4) is 44.9 Å². The summed E-state index contributed by atoms with van der Waals surface area (Å²) in [6.45, 7) is 0. The van der Waals surface area contributed by atoms with Gasteiger partial charge in [-0.25, -0.2) is 0 Å². The van der Waals surface area contributed by atoms with E-state index in [2.05, 4.69) is 164 Å². The maximum atomic E-state index is 4.79. The first-order valence-electron chi connectivity index (χ1n) is 19.5. The van der Waals surface area contributed by atoms with Gasteiger partial charge in [-0.2, -0.15) is 0 Å². The van der Waals surface area contributed by atoms with E-state index in [0.717, 1.165) is 77.7 Å². The van der Waals surface area contributed by atoms with E-state index in [-0.39, 0.29) is 0 Å². The monoisotopic (exact) mass is 730 g/mol. The number of rotatable bonds is 6. The predicted octanol–water partition coefficient (Wildman–Crippen LogP) is 12.1. The molecule has 0 bridgehead atoms. The Balaban J connectivity index is 0.967. The van der Waals surface area contributed by atoms with Crippen LogP contribution in [0, 0.1) is 11.8 Å². The summed E-state index contributed by atoms with van der Waals surface area (Å²) >= 11 is 0. The van der Waals surface area contributed by atoms with Crippen LogP contribution in [0.5, 0.6) is 0 Å². The van der Waals surface area contributed by atoms with Crippen LogP contribution >= 0.6 is 0 Å². The van der Waals surface area contributed by atoms with Crippen molar-refractivity contribution in [3.63, 3.8) is 0 Å². The minimum atomic E-state index is 0.645. The molecule has 1 aliphatic heterocycles. The first-order valence-corrected chi connectivity index (χ1v) is 19.5. The topological polar surface area (TPSA) is 60.9 Å². The average Bonchev–Trinajstić information content (AvgIpc) is 3.89. The van der Waals surface area contributed by atoms with E-state index in [1.807, 2.05) is 43.1 Å². The highest BCUT2D eigenvalue weighted by atomic mass is 15.0. The van der Waals surface area contributed by atoms with E-state index in [1.54, 1.807) is 0 Å². The molecule has 2 aliphatic rings. The second-order valence-electron chi connectivity index (χ2n) is 15.2. The van der Waals surface area contributed by atoms with Gasteiger partial charge in [0.1, 0.15) is 0 Å². The molecule has 10 aromatic rings. The fourth-order valence-electron chi connectivity index (χ4n) is 8.86. The van der Waals surface area contributed by atoms with Gasteiger partial charge in [0.2, 0.25) is 0 Å². The molecule has 57 heavy (non-hydrogen) atoms. The summed E-state index contributed by atoms with van der Waals surface area (Å²) in [6, 6.07) is 50.1. The Morgan fingerprint density at radius 1 is 0.439 bits per heavy atom. The van der Waals surface area contributed by atoms with E-state index in [1.165, 1.54) is 28.5 Å². The van der Waals surface area contributed by atoms with Crippen molar-refractivity contribution >= 4 is 55.5 Å². The van der Waals surface area contributed by atoms with Gasteiger partial charge in [-0.1, -0.05) is 66.7 Å². The van der Waals surface area contributed by atoms with Crippen molar-refractivity contribution in [1.29, 1.82) is 0 Å². The van der Waals surface area contributed by atoms with Gasteiger partial charge in [0.25, 0.3) is 0 Å². The summed E-state index contributed by atoms with van der Waals surface area (Å²) in [5.41, 5.74) is 15.6. The zero-order chi connectivity index (χ0) is 37.5. The summed E-state index contributed by atoms with van der Waals surface area (Å²) in [5, 5.41) is 4.57. The molecule has 6 heterocycles. The lowest BCUT2D eigenvalue weighted by atomic mass is 9.99. The van der Waals surface area contributed by atoms with Crippen LogP contribution in [0.3, 0.4) is 0 Å². The quantitative estimate of drug-likeness (QED) is 0.171. The van der Waals surface area contributed by atoms with Gasteiger partial charge in [-0.15, -0.1) is 0 Å². The van der Waals surface area contributed by atoms with Gasteiger partial charge in [0.05, 0.1) is 33.5 Å². The minimum Gasteiger partial charge on any atom is -0.309 e. The van der Waals surface area contributed by atoms with Crippen LogP contribution in [0.4, 0.5) is 0 Å². The van der Waals surface area contributed by atoms with Crippen molar-refractivity contribution in [3.05, 3.63) is 182 Å². The van der Waals surface area contributed by atoms with E-state index in [4.69, 9.17) is 4.99 Å². The lowest BCUT2D eigenvalue weighted by molar-refractivity contribution is 1.03. The maximum absolute atomic E-state index is 4.79. The standard InChI is InChI=1S/C51H34N6/c1-2-19-54-46(12-1)36-8-3-6-32(22-36)34-13-15-48-42(25-34)44-30-52-20-17-50(44)56(48)40-10-5-11-41(28-40)57-49-16-14-35(26-43(49)45-31-53-21-18-51(45)57)33-7-4-9-37(23-33)47-27-38-24-39(38)29-55-47/h1-23,25-31,38-39H,24H2. The maximum Gasteiger partial charge on any atom is 0.0702 e. The highest BCUT2D eigenvalue weighted by Crippen LogP contribution is 2.44. The van der Waals surface area contributed by atoms with E-state index >= 15 is 0 Å². The van der Waals surface area contributed by atoms with Crippen molar-refractivity contribution in [1.82, 2.24) is 24.1 Å². The number of hydrogen-bond acceptors (Lipinski definition) is 4. The molecule has 5 aromatic carbocycles. The Kier molecular flexibility index (Phi) is 7.01. The third-order valence-electron chi connectivity index (χ3n) is 11.8. The lowest BCUT2D eigenvalue weighted by Crippen LogP contribution is -1.98. The lowest BCUT2D eigenvalue weighted by Gasteiger charge is -2.13. The van der Waals surface area contributed by atoms with Crippen LogP contribution in [0.15, 0.2) is 182 Å². The molecule has 2 atom stereocenters. The Bertz CT molecular complexity index is 3300. The molecule has 0 N–H and O–H groups in total. The fraction of sp³-hybridized carbons (Fsp3) is 0.0588. The molecule has 1 saturated carbocycles. The molecule has 1 fully saturated rings. The zero-order valence-electron chi connectivity index (χ0n) is 30.9. The minimum absolute atomic E-state index is 0.645. The van der Waals surface area contributed by atoms with Gasteiger partial charge in [0.15, 0.2) is 0 Å². The van der Waals surface area contributed by atoms with Crippen LogP contribution in [0.25, 0.3) is 94.2 Å². The molecule has 0 spiro atoms. The number of benzene rings is 5. The third-order valence-corrected chi connectivity index (χ3v) is 11.8. The second-order valence-corrected chi connectivity index (χ2v) is 15.2. The van der Waals surface area contributed by atoms with Crippen LogP contribution in [-0.4, -0.2) is 30.3 Å². The van der Waals surface area contributed by atoms with E-state index in [0.29, 0.717) is 11.8 Å². The number of aliphatic imine (C=N–C) groups is 1. The van der Waals surface area contributed by atoms with E-state index in [9.17, 15) is 0 Å². The molecule has 268 valence electrons. The largest absolute Gasteiger partial charge is 0.309 e. The molecule has 12 rings (SSSR count). The fourth-order valence-corrected chi connectivity index (χ4v) is 8.86. The molecule has 0 amide bonds. The second kappa shape index (κ2) is 12.5. The zero-order valence-corrected chi connectivity index (χ0v) is 30.9. The molecule has 2 unspecified atom stereocenters. The van der Waals surface area contributed by atoms with Crippen molar-refractivity contribution in [2.75, 3.05) is 0 Å². The molecular formula is C51H34N6. The number of hydrogen-bond donors (Lipinski definition) is 0. The van der Waals surface area contributed by atoms with Gasteiger partial charge < -0.3 is 9.13 Å². The highest BCUT2D eigenvalue weighted by molar-refractivity contribution is 6.11. The SMILES string of the molecule is C1=NC(c2cccc(-c3ccc4c(c3)c3cnccc3n4-c3cccc(-n4c5ccncc5c5cc(-c6cccc(-c7ccccn7)c6)ccc54)c3)c2)=CC2CC12. The summed E-state index contributed by atoms with van der Waals surface area (Å²) in [5.74, 6) is 1.30. The Morgan fingerprint density at radius 3 is 1.65 bits per heavy atom. The molecule has 0 saturated heterocycles. The molecule has 6 nitrogen and oxygen atoms in total. The van der Waals surface area contributed by atoms with Gasteiger partial charge >= 0.3 is 0 Å². The molecule has 0 radical (unpaired) electrons. The van der Waals surface area contributed by atoms with Gasteiger partial charge in [0, 0.05) is 87.2 Å². The highest BCUT2D eigenvalue weighted by Gasteiger charge is 2.36. The van der Waals surface area contributed by atoms with Gasteiger partial charge in [-0.3, -0.25) is 19.9 Å². The van der Waals surface area contributed by atoms with Crippen LogP contribution in [-0.2, 0) is 0 Å². The predicted molar refractivity (Wildman–Crippen MR) is 233 cm³/mol. The number of aromatic nitrogens is 5. The average molecular weight is 731 g/mol.